The van der Waals surface area contributed by atoms with Gasteiger partial charge in [-0.15, -0.1) is 0 Å². The third kappa shape index (κ3) is 4.40. The number of hydrogen-bond donors (Lipinski definition) is 2. The lowest BCUT2D eigenvalue weighted by Crippen LogP contribution is -2.43. The molecule has 1 aromatic heterocycles. The fourth-order valence-electron chi connectivity index (χ4n) is 3.31. The summed E-state index contributed by atoms with van der Waals surface area (Å²) >= 11 is 0. The molecule has 2 fully saturated rings. The lowest BCUT2D eigenvalue weighted by atomic mass is 10.1. The van der Waals surface area contributed by atoms with Crippen LogP contribution in [0.2, 0.25) is 0 Å². The zero-order valence-electron chi connectivity index (χ0n) is 15.0. The van der Waals surface area contributed by atoms with Crippen LogP contribution in [0.25, 0.3) is 0 Å². The van der Waals surface area contributed by atoms with Crippen LogP contribution in [0.1, 0.15) is 33.8 Å². The molecule has 27 heavy (non-hydrogen) atoms. The molecule has 2 heterocycles. The Morgan fingerprint density at radius 2 is 1.85 bits per heavy atom. The molecule has 1 aliphatic carbocycles. The van der Waals surface area contributed by atoms with Crippen LogP contribution in [0.15, 0.2) is 12.4 Å². The summed E-state index contributed by atoms with van der Waals surface area (Å²) in [5, 5.41) is 12.9. The van der Waals surface area contributed by atoms with Crippen molar-refractivity contribution in [3.8, 4) is 0 Å². The largest absolute Gasteiger partial charge is 0.464 e. The quantitative estimate of drug-likeness (QED) is 0.638. The highest BCUT2D eigenvalue weighted by molar-refractivity contribution is 5.93. The Hall–Kier alpha value is -2.59. The van der Waals surface area contributed by atoms with Crippen LogP contribution in [0.3, 0.4) is 0 Å². The van der Waals surface area contributed by atoms with Crippen LogP contribution in [-0.4, -0.2) is 83.3 Å². The predicted octanol–water partition coefficient (Wildman–Crippen LogP) is -1.01. The molecule has 1 aliphatic heterocycles. The van der Waals surface area contributed by atoms with Crippen LogP contribution in [-0.2, 0) is 14.3 Å². The van der Waals surface area contributed by atoms with Gasteiger partial charge in [0.05, 0.1) is 44.9 Å². The Morgan fingerprint density at radius 3 is 2.48 bits per heavy atom. The van der Waals surface area contributed by atoms with Gasteiger partial charge in [0, 0.05) is 19.0 Å². The first-order valence-electron chi connectivity index (χ1n) is 8.75. The molecule has 0 radical (unpaired) electrons. The third-order valence-electron chi connectivity index (χ3n) is 4.80. The summed E-state index contributed by atoms with van der Waals surface area (Å²) in [5.74, 6) is -1.53. The molecule has 0 unspecified atom stereocenters. The predicted molar refractivity (Wildman–Crippen MR) is 90.8 cm³/mol. The molecule has 1 saturated heterocycles. The van der Waals surface area contributed by atoms with E-state index in [0.717, 1.165) is 6.20 Å². The number of nitrogens with zero attached hydrogens (tertiary/aromatic N) is 3. The molecule has 2 N–H and O–H groups in total. The van der Waals surface area contributed by atoms with Crippen LogP contribution in [0.4, 0.5) is 0 Å². The summed E-state index contributed by atoms with van der Waals surface area (Å²) in [4.78, 5) is 45.7. The maximum absolute atomic E-state index is 12.6. The summed E-state index contributed by atoms with van der Waals surface area (Å²) in [6, 6.07) is -0.547. The second kappa shape index (κ2) is 8.40. The number of carbonyl (C=O) groups is 3. The van der Waals surface area contributed by atoms with Crippen LogP contribution < -0.4 is 5.32 Å². The number of aliphatic hydroxyl groups is 1. The topological polar surface area (TPSA) is 131 Å². The highest BCUT2D eigenvalue weighted by atomic mass is 16.5. The highest BCUT2D eigenvalue weighted by Crippen LogP contribution is 2.28. The molecule has 146 valence electrons. The van der Waals surface area contributed by atoms with E-state index in [2.05, 4.69) is 20.0 Å². The highest BCUT2D eigenvalue weighted by Gasteiger charge is 2.39. The standard InChI is InChI=1S/C17H22N4O6/c1-26-17(25)13-9-18-12(8-19-13)15(23)20-11-6-10(7-14(11)22)16(24)21-2-4-27-5-3-21/h8-11,14,22H,2-7H2,1H3,(H,20,23)/t10-,11+,14+/m0/s1. The minimum Gasteiger partial charge on any atom is -0.464 e. The van der Waals surface area contributed by atoms with E-state index in [4.69, 9.17) is 4.74 Å². The van der Waals surface area contributed by atoms with Gasteiger partial charge < -0.3 is 24.8 Å². The van der Waals surface area contributed by atoms with E-state index in [1.165, 1.54) is 13.3 Å². The number of aliphatic hydroxyl groups excluding tert-OH is 1. The normalized spacial score (nSPS) is 25.1. The van der Waals surface area contributed by atoms with Gasteiger partial charge >= 0.3 is 5.97 Å². The van der Waals surface area contributed by atoms with Gasteiger partial charge in [-0.25, -0.2) is 14.8 Å². The lowest BCUT2D eigenvalue weighted by Gasteiger charge is -2.29. The van der Waals surface area contributed by atoms with Crippen molar-refractivity contribution in [3.63, 3.8) is 0 Å². The number of aromatic nitrogens is 2. The number of nitrogens with one attached hydrogen (secondary N) is 1. The minimum atomic E-state index is -0.814. The SMILES string of the molecule is COC(=O)c1cnc(C(=O)N[C@@H]2C[C@H](C(=O)N3CCOCC3)C[C@H]2O)cn1. The van der Waals surface area contributed by atoms with Crippen molar-refractivity contribution < 1.29 is 29.0 Å². The number of amides is 2. The summed E-state index contributed by atoms with van der Waals surface area (Å²) in [7, 11) is 1.22. The maximum atomic E-state index is 12.6. The van der Waals surface area contributed by atoms with Crippen molar-refractivity contribution in [2.75, 3.05) is 33.4 Å². The first-order chi connectivity index (χ1) is 13.0. The molecule has 0 bridgehead atoms. The van der Waals surface area contributed by atoms with Gasteiger partial charge in [0.15, 0.2) is 5.69 Å². The Kier molecular flexibility index (Phi) is 5.97. The minimum absolute atomic E-state index is 0.00822. The average Bonchev–Trinajstić information content (AvgIpc) is 3.07. The number of carbonyl (C=O) groups excluding carboxylic acids is 3. The molecule has 3 atom stereocenters. The van der Waals surface area contributed by atoms with Crippen molar-refractivity contribution in [1.82, 2.24) is 20.2 Å². The first-order valence-corrected chi connectivity index (χ1v) is 8.75. The van der Waals surface area contributed by atoms with E-state index in [0.29, 0.717) is 39.1 Å². The summed E-state index contributed by atoms with van der Waals surface area (Å²) in [6.45, 7) is 2.12. The Morgan fingerprint density at radius 1 is 1.19 bits per heavy atom. The molecule has 0 aromatic carbocycles. The molecule has 0 spiro atoms. The zero-order chi connectivity index (χ0) is 19.4. The number of rotatable bonds is 4. The van der Waals surface area contributed by atoms with Gasteiger partial charge in [0.25, 0.3) is 5.91 Å². The van der Waals surface area contributed by atoms with Crippen LogP contribution >= 0.6 is 0 Å². The molecular formula is C17H22N4O6. The number of morpholine rings is 1. The molecule has 10 nitrogen and oxygen atoms in total. The van der Waals surface area contributed by atoms with Gasteiger partial charge in [0.1, 0.15) is 5.69 Å². The number of esters is 1. The molecule has 2 aliphatic rings. The fraction of sp³-hybridized carbons (Fsp3) is 0.588. The molecule has 2 amide bonds. The molecule has 3 rings (SSSR count). The van der Waals surface area contributed by atoms with Crippen LogP contribution in [0, 0.1) is 5.92 Å². The fourth-order valence-corrected chi connectivity index (χ4v) is 3.31. The molecule has 1 saturated carbocycles. The van der Waals surface area contributed by atoms with Crippen molar-refractivity contribution in [2.24, 2.45) is 5.92 Å². The number of hydrogen-bond acceptors (Lipinski definition) is 8. The van der Waals surface area contributed by atoms with E-state index < -0.39 is 24.0 Å². The third-order valence-corrected chi connectivity index (χ3v) is 4.80. The van der Waals surface area contributed by atoms with Crippen molar-refractivity contribution in [2.45, 2.75) is 25.0 Å². The van der Waals surface area contributed by atoms with E-state index >= 15 is 0 Å². The van der Waals surface area contributed by atoms with Crippen LogP contribution in [0.5, 0.6) is 0 Å². The first kappa shape index (κ1) is 19.2. The Balaban J connectivity index is 1.57. The van der Waals surface area contributed by atoms with Gasteiger partial charge in [-0.05, 0) is 12.8 Å². The summed E-state index contributed by atoms with van der Waals surface area (Å²) in [5.41, 5.74) is 0.00364. The van der Waals surface area contributed by atoms with Gasteiger partial charge in [0.2, 0.25) is 5.91 Å². The van der Waals surface area contributed by atoms with Crippen molar-refractivity contribution in [1.29, 1.82) is 0 Å². The van der Waals surface area contributed by atoms with E-state index in [1.807, 2.05) is 0 Å². The average molecular weight is 378 g/mol. The number of methoxy groups -OCH3 is 1. The van der Waals surface area contributed by atoms with Gasteiger partial charge in [-0.3, -0.25) is 9.59 Å². The maximum Gasteiger partial charge on any atom is 0.358 e. The molecule has 10 heteroatoms. The molecular weight excluding hydrogens is 356 g/mol. The second-order valence-electron chi connectivity index (χ2n) is 6.53. The second-order valence-corrected chi connectivity index (χ2v) is 6.53. The lowest BCUT2D eigenvalue weighted by molar-refractivity contribution is -0.139. The van der Waals surface area contributed by atoms with Crippen molar-refractivity contribution >= 4 is 17.8 Å². The van der Waals surface area contributed by atoms with Gasteiger partial charge in [-0.1, -0.05) is 0 Å². The van der Waals surface area contributed by atoms with E-state index in [1.54, 1.807) is 4.90 Å². The zero-order valence-corrected chi connectivity index (χ0v) is 15.0. The number of ether oxygens (including phenoxy) is 2. The Bertz CT molecular complexity index is 704. The van der Waals surface area contributed by atoms with E-state index in [-0.39, 0.29) is 23.2 Å². The monoisotopic (exact) mass is 378 g/mol. The summed E-state index contributed by atoms with van der Waals surface area (Å²) < 4.78 is 9.77. The smallest absolute Gasteiger partial charge is 0.358 e. The van der Waals surface area contributed by atoms with E-state index in [9.17, 15) is 19.5 Å². The summed E-state index contributed by atoms with van der Waals surface area (Å²) in [6.07, 6.45) is 2.16. The Labute approximate surface area is 155 Å². The van der Waals surface area contributed by atoms with Crippen molar-refractivity contribution in [3.05, 3.63) is 23.8 Å². The van der Waals surface area contributed by atoms with Gasteiger partial charge in [-0.2, -0.15) is 0 Å². The molecule has 1 aromatic rings.